The third-order valence-electron chi connectivity index (χ3n) is 3.60. The molecular formula is C12H15NO5. The summed E-state index contributed by atoms with van der Waals surface area (Å²) in [5.74, 6) is -0.934. The van der Waals surface area contributed by atoms with Crippen LogP contribution in [-0.2, 0) is 22.6 Å². The van der Waals surface area contributed by atoms with Gasteiger partial charge in [0.25, 0.3) is 0 Å². The maximum absolute atomic E-state index is 10.9. The number of carbonyl (C=O) groups excluding carboxylic acids is 1. The Morgan fingerprint density at radius 3 is 3.06 bits per heavy atom. The fourth-order valence-corrected chi connectivity index (χ4v) is 2.65. The minimum Gasteiger partial charge on any atom is -0.394 e. The van der Waals surface area contributed by atoms with Crippen molar-refractivity contribution in [2.45, 2.75) is 37.6 Å². The van der Waals surface area contributed by atoms with Crippen LogP contribution in [0.15, 0.2) is 12.1 Å². The molecule has 1 aromatic rings. The van der Waals surface area contributed by atoms with Crippen LogP contribution in [0.5, 0.6) is 0 Å². The average Bonchev–Trinajstić information content (AvgIpc) is 2.90. The van der Waals surface area contributed by atoms with Crippen LogP contribution in [0.1, 0.15) is 22.6 Å². The lowest BCUT2D eigenvalue weighted by molar-refractivity contribution is -0.255. The monoisotopic (exact) mass is 253 g/mol. The van der Waals surface area contributed by atoms with Crippen LogP contribution in [0.4, 0.5) is 0 Å². The molecule has 2 N–H and O–H groups in total. The molecule has 1 fully saturated rings. The van der Waals surface area contributed by atoms with E-state index in [1.807, 2.05) is 10.6 Å². The second-order valence-electron chi connectivity index (χ2n) is 4.76. The van der Waals surface area contributed by atoms with Gasteiger partial charge in [0.1, 0.15) is 6.10 Å². The van der Waals surface area contributed by atoms with Gasteiger partial charge in [0.2, 0.25) is 0 Å². The van der Waals surface area contributed by atoms with Crippen molar-refractivity contribution in [3.8, 4) is 0 Å². The number of carbonyl (C=O) groups is 1. The fourth-order valence-electron chi connectivity index (χ4n) is 2.65. The van der Waals surface area contributed by atoms with Crippen LogP contribution < -0.4 is 0 Å². The summed E-state index contributed by atoms with van der Waals surface area (Å²) in [7, 11) is 0. The Bertz CT molecular complexity index is 471. The first-order valence-corrected chi connectivity index (χ1v) is 5.92. The van der Waals surface area contributed by atoms with E-state index >= 15 is 0 Å². The maximum Gasteiger partial charge on any atom is 0.189 e. The SMILES string of the molecule is O=Cc1ccc2n1C[C@]1(C[C@H](O)[C@@H](CO)O1)OC2. The van der Waals surface area contributed by atoms with Gasteiger partial charge in [-0.3, -0.25) is 4.79 Å². The van der Waals surface area contributed by atoms with E-state index in [-0.39, 0.29) is 6.61 Å². The number of aldehydes is 1. The molecule has 0 radical (unpaired) electrons. The molecule has 0 saturated carbocycles. The van der Waals surface area contributed by atoms with Crippen molar-refractivity contribution in [3.63, 3.8) is 0 Å². The number of aliphatic hydroxyl groups excluding tert-OH is 2. The first kappa shape index (κ1) is 11.9. The lowest BCUT2D eigenvalue weighted by atomic mass is 10.1. The minimum absolute atomic E-state index is 0.245. The average molecular weight is 253 g/mol. The summed E-state index contributed by atoms with van der Waals surface area (Å²) in [4.78, 5) is 10.9. The lowest BCUT2D eigenvalue weighted by Gasteiger charge is -2.35. The highest BCUT2D eigenvalue weighted by Crippen LogP contribution is 2.37. The summed E-state index contributed by atoms with van der Waals surface area (Å²) < 4.78 is 13.1. The van der Waals surface area contributed by atoms with Gasteiger partial charge in [-0.25, -0.2) is 0 Å². The predicted molar refractivity (Wildman–Crippen MR) is 59.9 cm³/mol. The standard InChI is InChI=1S/C12H15NO5/c14-4-8-1-2-9-6-17-12(7-13(8)9)3-10(16)11(5-15)18-12/h1-2,4,10-11,15-16H,3,5-7H2/t10-,11+,12+/m0/s1. The van der Waals surface area contributed by atoms with Gasteiger partial charge in [0, 0.05) is 12.1 Å². The van der Waals surface area contributed by atoms with Crippen LogP contribution in [0.3, 0.4) is 0 Å². The normalized spacial score (nSPS) is 34.8. The highest BCUT2D eigenvalue weighted by atomic mass is 16.7. The van der Waals surface area contributed by atoms with Gasteiger partial charge in [-0.15, -0.1) is 0 Å². The molecule has 0 bridgehead atoms. The van der Waals surface area contributed by atoms with Crippen molar-refractivity contribution in [2.75, 3.05) is 6.61 Å². The highest BCUT2D eigenvalue weighted by molar-refractivity contribution is 5.72. The predicted octanol–water partition coefficient (Wildman–Crippen LogP) is -0.331. The Labute approximate surface area is 104 Å². The van der Waals surface area contributed by atoms with Crippen LogP contribution in [-0.4, -0.2) is 45.7 Å². The smallest absolute Gasteiger partial charge is 0.189 e. The van der Waals surface area contributed by atoms with E-state index in [1.54, 1.807) is 6.07 Å². The topological polar surface area (TPSA) is 80.9 Å². The first-order valence-electron chi connectivity index (χ1n) is 5.92. The molecule has 18 heavy (non-hydrogen) atoms. The molecule has 3 atom stereocenters. The molecule has 1 saturated heterocycles. The largest absolute Gasteiger partial charge is 0.394 e. The van der Waals surface area contributed by atoms with Crippen LogP contribution in [0.25, 0.3) is 0 Å². The molecule has 0 amide bonds. The lowest BCUT2D eigenvalue weighted by Crippen LogP contribution is -2.42. The van der Waals surface area contributed by atoms with Gasteiger partial charge in [-0.1, -0.05) is 0 Å². The van der Waals surface area contributed by atoms with E-state index in [9.17, 15) is 9.90 Å². The summed E-state index contributed by atoms with van der Waals surface area (Å²) >= 11 is 0. The van der Waals surface area contributed by atoms with Crippen molar-refractivity contribution < 1.29 is 24.5 Å². The molecule has 3 heterocycles. The van der Waals surface area contributed by atoms with Crippen molar-refractivity contribution >= 4 is 6.29 Å². The van der Waals surface area contributed by atoms with E-state index in [0.717, 1.165) is 12.0 Å². The third kappa shape index (κ3) is 1.69. The summed E-state index contributed by atoms with van der Waals surface area (Å²) in [6.45, 7) is 0.445. The second kappa shape index (κ2) is 4.17. The van der Waals surface area contributed by atoms with Crippen molar-refractivity contribution in [2.24, 2.45) is 0 Å². The van der Waals surface area contributed by atoms with Crippen molar-refractivity contribution in [3.05, 3.63) is 23.5 Å². The molecule has 3 rings (SSSR count). The van der Waals surface area contributed by atoms with Crippen LogP contribution in [0.2, 0.25) is 0 Å². The van der Waals surface area contributed by atoms with E-state index in [1.165, 1.54) is 0 Å². The van der Waals surface area contributed by atoms with Gasteiger partial charge in [-0.05, 0) is 12.1 Å². The Morgan fingerprint density at radius 2 is 2.39 bits per heavy atom. The maximum atomic E-state index is 10.9. The molecule has 1 spiro atoms. The molecule has 2 aliphatic heterocycles. The molecular weight excluding hydrogens is 238 g/mol. The molecule has 98 valence electrons. The Morgan fingerprint density at radius 1 is 1.56 bits per heavy atom. The van der Waals surface area contributed by atoms with Crippen molar-refractivity contribution in [1.29, 1.82) is 0 Å². The number of rotatable bonds is 2. The number of hydrogen-bond acceptors (Lipinski definition) is 5. The summed E-state index contributed by atoms with van der Waals surface area (Å²) in [5.41, 5.74) is 1.48. The number of ether oxygens (including phenoxy) is 2. The number of aromatic nitrogens is 1. The molecule has 6 nitrogen and oxygen atoms in total. The molecule has 1 aromatic heterocycles. The number of hydrogen-bond donors (Lipinski definition) is 2. The highest BCUT2D eigenvalue weighted by Gasteiger charge is 2.49. The van der Waals surface area contributed by atoms with Gasteiger partial charge >= 0.3 is 0 Å². The minimum atomic E-state index is -0.934. The Balaban J connectivity index is 1.88. The molecule has 6 heteroatoms. The van der Waals surface area contributed by atoms with Gasteiger partial charge in [-0.2, -0.15) is 0 Å². The first-order chi connectivity index (χ1) is 8.67. The van der Waals surface area contributed by atoms with Crippen LogP contribution in [0, 0.1) is 0 Å². The van der Waals surface area contributed by atoms with Crippen molar-refractivity contribution in [1.82, 2.24) is 4.57 Å². The fraction of sp³-hybridized carbons (Fsp3) is 0.583. The zero-order valence-electron chi connectivity index (χ0n) is 9.78. The van der Waals surface area contributed by atoms with Gasteiger partial charge in [0.15, 0.2) is 12.1 Å². The van der Waals surface area contributed by atoms with Gasteiger partial charge < -0.3 is 24.3 Å². The van der Waals surface area contributed by atoms with Crippen LogP contribution >= 0.6 is 0 Å². The Kier molecular flexibility index (Phi) is 2.74. The summed E-state index contributed by atoms with van der Waals surface area (Å²) in [5, 5.41) is 18.9. The third-order valence-corrected chi connectivity index (χ3v) is 3.60. The Hall–Kier alpha value is -1.21. The van der Waals surface area contributed by atoms with E-state index in [0.29, 0.717) is 25.3 Å². The zero-order chi connectivity index (χ0) is 12.8. The molecule has 0 unspecified atom stereocenters. The zero-order valence-corrected chi connectivity index (χ0v) is 9.78. The quantitative estimate of drug-likeness (QED) is 0.705. The second-order valence-corrected chi connectivity index (χ2v) is 4.76. The number of fused-ring (bicyclic) bond motifs is 1. The molecule has 0 aliphatic carbocycles. The van der Waals surface area contributed by atoms with E-state index < -0.39 is 18.0 Å². The summed E-state index contributed by atoms with van der Waals surface area (Å²) in [6.07, 6.45) is -0.278. The molecule has 0 aromatic carbocycles. The van der Waals surface area contributed by atoms with Gasteiger partial charge in [0.05, 0.1) is 31.6 Å². The number of nitrogens with zero attached hydrogens (tertiary/aromatic N) is 1. The summed E-state index contributed by atoms with van der Waals surface area (Å²) in [6, 6.07) is 3.57. The molecule has 2 aliphatic rings. The van der Waals surface area contributed by atoms with E-state index in [2.05, 4.69) is 0 Å². The van der Waals surface area contributed by atoms with E-state index in [4.69, 9.17) is 14.6 Å². The number of aliphatic hydroxyl groups is 2.